The van der Waals surface area contributed by atoms with Crippen LogP contribution in [0.15, 0.2) is 42.5 Å². The Morgan fingerprint density at radius 2 is 1.97 bits per heavy atom. The van der Waals surface area contributed by atoms with Crippen LogP contribution in [0.1, 0.15) is 43.9 Å². The lowest BCUT2D eigenvalue weighted by Crippen LogP contribution is -2.55. The lowest BCUT2D eigenvalue weighted by molar-refractivity contribution is -0.188. The lowest BCUT2D eigenvalue weighted by atomic mass is 9.70. The summed E-state index contributed by atoms with van der Waals surface area (Å²) in [5, 5.41) is 8.98. The minimum absolute atomic E-state index is 0.00629. The summed E-state index contributed by atoms with van der Waals surface area (Å²) in [5.74, 6) is 1.90. The number of fused-ring (bicyclic) bond motifs is 4. The molecule has 0 spiro atoms. The first-order valence-corrected chi connectivity index (χ1v) is 12.0. The van der Waals surface area contributed by atoms with E-state index in [1.807, 2.05) is 36.4 Å². The van der Waals surface area contributed by atoms with Crippen molar-refractivity contribution in [3.8, 4) is 17.2 Å². The van der Waals surface area contributed by atoms with Gasteiger partial charge in [-0.3, -0.25) is 4.90 Å². The fraction of sp³-hybridized carbons (Fsp3) is 0.519. The molecule has 3 aliphatic rings. The molecule has 2 aromatic rings. The van der Waals surface area contributed by atoms with E-state index in [2.05, 4.69) is 24.8 Å². The van der Waals surface area contributed by atoms with Crippen LogP contribution in [0, 0.1) is 11.8 Å². The average Bonchev–Trinajstić information content (AvgIpc) is 2.82. The molecule has 0 amide bonds. The highest BCUT2D eigenvalue weighted by Crippen LogP contribution is 2.55. The monoisotopic (exact) mass is 467 g/mol. The molecule has 5 rings (SSSR count). The molecule has 2 aromatic carbocycles. The summed E-state index contributed by atoms with van der Waals surface area (Å²) in [6, 6.07) is 13.8. The zero-order valence-electron chi connectivity index (χ0n) is 20.0. The molecule has 0 saturated carbocycles. The van der Waals surface area contributed by atoms with Gasteiger partial charge in [0.1, 0.15) is 11.4 Å². The first-order chi connectivity index (χ1) is 16.4. The molecular weight excluding hydrogens is 434 g/mol. The van der Waals surface area contributed by atoms with Gasteiger partial charge in [0, 0.05) is 36.7 Å². The van der Waals surface area contributed by atoms with Gasteiger partial charge >= 0.3 is 5.97 Å². The van der Waals surface area contributed by atoms with Crippen LogP contribution in [0.4, 0.5) is 0 Å². The Hall–Kier alpha value is -2.77. The maximum absolute atomic E-state index is 10.9. The molecule has 0 unspecified atom stereocenters. The van der Waals surface area contributed by atoms with E-state index >= 15 is 0 Å². The van der Waals surface area contributed by atoms with Crippen molar-refractivity contribution in [2.75, 3.05) is 26.8 Å². The fourth-order valence-corrected chi connectivity index (χ4v) is 5.83. The third-order valence-electron chi connectivity index (χ3n) is 7.50. The van der Waals surface area contributed by atoms with Crippen molar-refractivity contribution < 1.29 is 28.8 Å². The van der Waals surface area contributed by atoms with Crippen LogP contribution in [0.2, 0.25) is 0 Å². The largest absolute Gasteiger partial charge is 0.493 e. The van der Waals surface area contributed by atoms with Gasteiger partial charge in [-0.1, -0.05) is 30.3 Å². The molecule has 7 heteroatoms. The summed E-state index contributed by atoms with van der Waals surface area (Å²) in [4.78, 5) is 13.4. The Balaban J connectivity index is 1.31. The van der Waals surface area contributed by atoms with Gasteiger partial charge in [0.2, 0.25) is 0 Å². The van der Waals surface area contributed by atoms with Crippen molar-refractivity contribution in [3.05, 3.63) is 53.6 Å². The number of rotatable bonds is 6. The van der Waals surface area contributed by atoms with Crippen LogP contribution in [-0.4, -0.2) is 54.5 Å². The van der Waals surface area contributed by atoms with E-state index in [1.54, 1.807) is 7.11 Å². The van der Waals surface area contributed by atoms with E-state index in [0.29, 0.717) is 11.7 Å². The summed E-state index contributed by atoms with van der Waals surface area (Å²) in [6.07, 6.45) is 2.22. The van der Waals surface area contributed by atoms with Crippen molar-refractivity contribution in [2.45, 2.75) is 51.0 Å². The number of aliphatic carboxylic acids is 1. The van der Waals surface area contributed by atoms with Gasteiger partial charge in [0.25, 0.3) is 0 Å². The zero-order valence-corrected chi connectivity index (χ0v) is 20.0. The van der Waals surface area contributed by atoms with Gasteiger partial charge in [-0.05, 0) is 44.7 Å². The Bertz CT molecular complexity index is 1050. The molecule has 0 aromatic heterocycles. The van der Waals surface area contributed by atoms with Crippen LogP contribution < -0.4 is 14.2 Å². The lowest BCUT2D eigenvalue weighted by Gasteiger charge is -2.53. The number of hydrogen-bond acceptors (Lipinski definition) is 6. The number of hydrogen-bond donors (Lipinski definition) is 1. The number of carbonyl (C=O) groups is 1. The number of ether oxygens (including phenoxy) is 4. The molecule has 7 nitrogen and oxygen atoms in total. The van der Waals surface area contributed by atoms with Crippen LogP contribution in [0.5, 0.6) is 17.2 Å². The van der Waals surface area contributed by atoms with Gasteiger partial charge in [0.15, 0.2) is 18.1 Å². The van der Waals surface area contributed by atoms with Gasteiger partial charge in [-0.25, -0.2) is 4.79 Å². The normalized spacial score (nSPS) is 27.5. The van der Waals surface area contributed by atoms with Crippen LogP contribution >= 0.6 is 0 Å². The zero-order chi connectivity index (χ0) is 23.9. The number of carboxylic acid groups (broad SMARTS) is 1. The van der Waals surface area contributed by atoms with Crippen LogP contribution in [0.3, 0.4) is 0 Å². The quantitative estimate of drug-likeness (QED) is 0.679. The van der Waals surface area contributed by atoms with Crippen LogP contribution in [0.25, 0.3) is 0 Å². The minimum atomic E-state index is -0.971. The first-order valence-electron chi connectivity index (χ1n) is 12.0. The highest BCUT2D eigenvalue weighted by Gasteiger charge is 2.51. The number of likely N-dealkylation sites (tertiary alicyclic amines) is 1. The number of carboxylic acids is 1. The Morgan fingerprint density at radius 3 is 2.76 bits per heavy atom. The summed E-state index contributed by atoms with van der Waals surface area (Å²) in [5.41, 5.74) is 1.74. The van der Waals surface area contributed by atoms with Crippen molar-refractivity contribution in [1.29, 1.82) is 0 Å². The number of methoxy groups -OCH3 is 1. The second kappa shape index (κ2) is 9.12. The summed E-state index contributed by atoms with van der Waals surface area (Å²) in [6.45, 7) is 6.56. The van der Waals surface area contributed by atoms with Gasteiger partial charge in [-0.15, -0.1) is 0 Å². The van der Waals surface area contributed by atoms with Crippen LogP contribution in [-0.2, 0) is 16.1 Å². The predicted molar refractivity (Wildman–Crippen MR) is 126 cm³/mol. The summed E-state index contributed by atoms with van der Waals surface area (Å²) >= 11 is 0. The minimum Gasteiger partial charge on any atom is -0.493 e. The molecule has 2 fully saturated rings. The number of para-hydroxylation sites is 2. The van der Waals surface area contributed by atoms with Gasteiger partial charge < -0.3 is 24.1 Å². The van der Waals surface area contributed by atoms with E-state index in [1.165, 1.54) is 0 Å². The Labute approximate surface area is 200 Å². The standard InChI is InChI=1S/C27H33NO6/c1-27(2)20-13-18-15-28(14-17-7-4-5-9-21(17)32-16-24(29)30)12-11-22(18)33-25(20)19-8-6-10-23(31-3)26(19)34-27/h4-10,18,20,22,25H,11-16H2,1-3H3,(H,29,30)/t18-,20+,22+,25-/m1/s1. The molecule has 34 heavy (non-hydrogen) atoms. The molecule has 1 N–H and O–H groups in total. The van der Waals surface area contributed by atoms with E-state index in [4.69, 9.17) is 24.1 Å². The van der Waals surface area contributed by atoms with Gasteiger partial charge in [-0.2, -0.15) is 0 Å². The van der Waals surface area contributed by atoms with Gasteiger partial charge in [0.05, 0.1) is 19.3 Å². The average molecular weight is 468 g/mol. The fourth-order valence-electron chi connectivity index (χ4n) is 5.83. The Morgan fingerprint density at radius 1 is 1.18 bits per heavy atom. The highest BCUT2D eigenvalue weighted by atomic mass is 16.5. The SMILES string of the molecule is COc1cccc2c1OC(C)(C)[C@H]1C[C@@H]3CN(Cc4ccccc4OCC(=O)O)CC[C@@H]3O[C@H]21. The predicted octanol–water partition coefficient (Wildman–Crippen LogP) is 4.30. The van der Waals surface area contributed by atoms with Crippen molar-refractivity contribution in [1.82, 2.24) is 4.90 Å². The molecule has 182 valence electrons. The smallest absolute Gasteiger partial charge is 0.341 e. The van der Waals surface area contributed by atoms with E-state index in [-0.39, 0.29) is 30.3 Å². The molecule has 2 saturated heterocycles. The summed E-state index contributed by atoms with van der Waals surface area (Å²) < 4.78 is 24.4. The molecule has 0 aliphatic carbocycles. The molecule has 3 aliphatic heterocycles. The maximum atomic E-state index is 10.9. The van der Waals surface area contributed by atoms with Crippen molar-refractivity contribution in [3.63, 3.8) is 0 Å². The van der Waals surface area contributed by atoms with E-state index in [0.717, 1.165) is 55.1 Å². The molecule has 4 atom stereocenters. The van der Waals surface area contributed by atoms with Crippen molar-refractivity contribution >= 4 is 5.97 Å². The topological polar surface area (TPSA) is 77.5 Å². The third kappa shape index (κ3) is 4.34. The van der Waals surface area contributed by atoms with Crippen molar-refractivity contribution in [2.24, 2.45) is 11.8 Å². The maximum Gasteiger partial charge on any atom is 0.341 e. The third-order valence-corrected chi connectivity index (χ3v) is 7.50. The molecule has 0 bridgehead atoms. The number of piperidine rings is 1. The second-order valence-electron chi connectivity index (χ2n) is 10.1. The molecule has 3 heterocycles. The Kier molecular flexibility index (Phi) is 6.16. The first kappa shape index (κ1) is 23.0. The molecule has 0 radical (unpaired) electrons. The molecular formula is C27H33NO6. The van der Waals surface area contributed by atoms with E-state index in [9.17, 15) is 4.79 Å². The number of benzene rings is 2. The second-order valence-corrected chi connectivity index (χ2v) is 10.1. The number of nitrogens with zero attached hydrogens (tertiary/aromatic N) is 1. The highest BCUT2D eigenvalue weighted by molar-refractivity contribution is 5.68. The van der Waals surface area contributed by atoms with E-state index < -0.39 is 5.97 Å². The summed E-state index contributed by atoms with van der Waals surface area (Å²) in [7, 11) is 1.68.